The average Bonchev–Trinajstić information content (AvgIpc) is 3.22. The van der Waals surface area contributed by atoms with E-state index in [1.54, 1.807) is 19.4 Å². The second-order valence-electron chi connectivity index (χ2n) is 6.31. The summed E-state index contributed by atoms with van der Waals surface area (Å²) < 4.78 is 5.04. The number of thiazole rings is 1. The van der Waals surface area contributed by atoms with Gasteiger partial charge in [0, 0.05) is 31.4 Å². The van der Waals surface area contributed by atoms with Crippen LogP contribution in [-0.2, 0) is 11.3 Å². The fourth-order valence-corrected chi connectivity index (χ4v) is 4.22. The first kappa shape index (κ1) is 20.9. The molecule has 10 heteroatoms. The normalized spacial score (nSPS) is 18.4. The van der Waals surface area contributed by atoms with Crippen molar-refractivity contribution in [2.24, 2.45) is 10.3 Å². The summed E-state index contributed by atoms with van der Waals surface area (Å²) in [6.45, 7) is 5.09. The number of halogens is 2. The van der Waals surface area contributed by atoms with E-state index < -0.39 is 0 Å². The highest BCUT2D eigenvalue weighted by Crippen LogP contribution is 2.40. The Balaban J connectivity index is 1.94. The number of amides is 1. The van der Waals surface area contributed by atoms with Gasteiger partial charge in [-0.05, 0) is 30.4 Å². The Morgan fingerprint density at radius 1 is 1.29 bits per heavy atom. The first-order valence-electron chi connectivity index (χ1n) is 8.54. The number of benzene rings is 1. The predicted molar refractivity (Wildman–Crippen MR) is 112 cm³/mol. The number of carbonyl (C=O) groups is 1. The van der Waals surface area contributed by atoms with Crippen molar-refractivity contribution in [2.45, 2.75) is 20.4 Å². The molecule has 1 N–H and O–H groups in total. The summed E-state index contributed by atoms with van der Waals surface area (Å²) in [4.78, 5) is 17.7. The Morgan fingerprint density at radius 3 is 2.71 bits per heavy atom. The highest BCUT2D eigenvalue weighted by Gasteiger charge is 2.42. The van der Waals surface area contributed by atoms with E-state index in [2.05, 4.69) is 20.6 Å². The van der Waals surface area contributed by atoms with Crippen LogP contribution in [0.25, 0.3) is 0 Å². The van der Waals surface area contributed by atoms with E-state index in [9.17, 15) is 4.79 Å². The van der Waals surface area contributed by atoms with E-state index in [1.165, 1.54) is 11.3 Å². The smallest absolute Gasteiger partial charge is 0.320 e. The molecule has 1 aliphatic heterocycles. The van der Waals surface area contributed by atoms with Crippen LogP contribution in [0, 0.1) is 6.92 Å². The molecule has 0 radical (unpaired) electrons. The lowest BCUT2D eigenvalue weighted by Gasteiger charge is -2.24. The molecule has 1 aliphatic rings. The van der Waals surface area contributed by atoms with Gasteiger partial charge < -0.3 is 10.1 Å². The summed E-state index contributed by atoms with van der Waals surface area (Å²) in [6, 6.07) is 5.46. The molecule has 0 saturated carbocycles. The van der Waals surface area contributed by atoms with Crippen molar-refractivity contribution in [3.8, 4) is 0 Å². The molecule has 0 fully saturated rings. The number of aryl methyl sites for hydroxylation is 1. The fraction of sp³-hybridized carbons (Fsp3) is 0.333. The van der Waals surface area contributed by atoms with Crippen molar-refractivity contribution < 1.29 is 9.53 Å². The van der Waals surface area contributed by atoms with Crippen LogP contribution in [0.15, 0.2) is 40.4 Å². The molecule has 1 unspecified atom stereocenters. The van der Waals surface area contributed by atoms with Crippen LogP contribution in [0.2, 0.25) is 10.0 Å². The first-order chi connectivity index (χ1) is 13.4. The van der Waals surface area contributed by atoms with Gasteiger partial charge in [0.25, 0.3) is 5.91 Å². The maximum atomic E-state index is 12.5. The van der Waals surface area contributed by atoms with Gasteiger partial charge in [-0.15, -0.1) is 5.11 Å². The lowest BCUT2D eigenvalue weighted by atomic mass is 10.2. The quantitative estimate of drug-likeness (QED) is 0.491. The van der Waals surface area contributed by atoms with Crippen molar-refractivity contribution in [1.29, 1.82) is 0 Å². The monoisotopic (exact) mass is 440 g/mol. The van der Waals surface area contributed by atoms with E-state index in [1.807, 2.05) is 26.0 Å². The van der Waals surface area contributed by atoms with Gasteiger partial charge in [0.1, 0.15) is 17.6 Å². The van der Waals surface area contributed by atoms with Crippen LogP contribution >= 0.6 is 34.5 Å². The Labute approximate surface area is 177 Å². The zero-order valence-electron chi connectivity index (χ0n) is 15.7. The minimum atomic E-state index is -0.177. The van der Waals surface area contributed by atoms with Gasteiger partial charge in [0.05, 0.1) is 22.3 Å². The molecule has 1 aromatic carbocycles. The summed E-state index contributed by atoms with van der Waals surface area (Å²) in [5, 5.41) is 13.0. The van der Waals surface area contributed by atoms with E-state index in [-0.39, 0.29) is 10.5 Å². The number of rotatable bonds is 7. The highest BCUT2D eigenvalue weighted by molar-refractivity contribution is 7.17. The van der Waals surface area contributed by atoms with Crippen molar-refractivity contribution in [3.63, 3.8) is 0 Å². The van der Waals surface area contributed by atoms with E-state index in [0.29, 0.717) is 45.4 Å². The number of nitrogens with zero attached hydrogens (tertiary/aromatic N) is 4. The van der Waals surface area contributed by atoms with Crippen LogP contribution in [0.3, 0.4) is 0 Å². The molecular weight excluding hydrogens is 421 g/mol. The van der Waals surface area contributed by atoms with Crippen LogP contribution in [0.4, 0.5) is 5.13 Å². The Morgan fingerprint density at radius 2 is 2.07 bits per heavy atom. The van der Waals surface area contributed by atoms with Crippen molar-refractivity contribution in [3.05, 3.63) is 56.3 Å². The number of hydrogen-bond donors (Lipinski definition) is 1. The minimum Gasteiger partial charge on any atom is -0.383 e. The summed E-state index contributed by atoms with van der Waals surface area (Å²) in [5.41, 5.74) is 2.48. The van der Waals surface area contributed by atoms with Gasteiger partial charge in [-0.3, -0.25) is 4.79 Å². The molecule has 1 amide bonds. The number of hydrogen-bond acceptors (Lipinski definition) is 6. The molecule has 0 aliphatic carbocycles. The molecule has 2 aromatic rings. The molecular formula is C18H20Cl2N5O2S+. The van der Waals surface area contributed by atoms with Gasteiger partial charge in [0.2, 0.25) is 0 Å². The number of quaternary nitrogens is 1. The number of ether oxygens (including phenoxy) is 1. The minimum absolute atomic E-state index is 0.0643. The summed E-state index contributed by atoms with van der Waals surface area (Å²) in [5.74, 6) is -0.177. The average molecular weight is 441 g/mol. The number of allylic oxidation sites excluding steroid dienone is 1. The predicted octanol–water partition coefficient (Wildman–Crippen LogP) is 4.88. The number of methoxy groups -OCH3 is 1. The fourth-order valence-electron chi connectivity index (χ4n) is 2.78. The Kier molecular flexibility index (Phi) is 6.47. The number of nitrogens with one attached hydrogen (secondary N) is 1. The molecule has 3 rings (SSSR count). The van der Waals surface area contributed by atoms with Crippen LogP contribution in [0.5, 0.6) is 0 Å². The second kappa shape index (κ2) is 8.67. The zero-order valence-corrected chi connectivity index (χ0v) is 18.0. The van der Waals surface area contributed by atoms with Gasteiger partial charge >= 0.3 is 5.13 Å². The Bertz CT molecular complexity index is 959. The lowest BCUT2D eigenvalue weighted by molar-refractivity contribution is 0.0940. The van der Waals surface area contributed by atoms with E-state index >= 15 is 0 Å². The topological polar surface area (TPSA) is 75.9 Å². The summed E-state index contributed by atoms with van der Waals surface area (Å²) in [6.07, 6.45) is 1.70. The third-order valence-electron chi connectivity index (χ3n) is 4.33. The van der Waals surface area contributed by atoms with Crippen molar-refractivity contribution in [2.75, 3.05) is 20.3 Å². The zero-order chi connectivity index (χ0) is 20.3. The molecule has 2 heterocycles. The lowest BCUT2D eigenvalue weighted by Crippen LogP contribution is -2.39. The molecule has 0 spiro atoms. The molecule has 7 nitrogen and oxygen atoms in total. The van der Waals surface area contributed by atoms with E-state index in [0.717, 1.165) is 11.3 Å². The molecule has 0 saturated heterocycles. The third-order valence-corrected chi connectivity index (χ3v) is 6.33. The maximum absolute atomic E-state index is 12.5. The molecule has 1 aromatic heterocycles. The van der Waals surface area contributed by atoms with Crippen molar-refractivity contribution >= 4 is 45.6 Å². The molecule has 28 heavy (non-hydrogen) atoms. The SMILES string of the molecule is COCCNC(=O)c1sc([N+]2(Cc3ccc(Cl)c(Cl)c3)N=NC=C2C)nc1C. The van der Waals surface area contributed by atoms with E-state index in [4.69, 9.17) is 27.9 Å². The standard InChI is InChI=1S/C18H19Cl2N5O2S/c1-11-9-22-24-25(11,10-13-4-5-14(19)15(20)8-13)18-23-12(2)16(28-18)17(26)21-6-7-27-3/h4-5,8-9H,6-7,10H2,1-3H3/p+1. The van der Waals surface area contributed by atoms with Crippen LogP contribution in [-0.4, -0.2) is 31.2 Å². The second-order valence-corrected chi connectivity index (χ2v) is 8.10. The Hall–Kier alpha value is -1.84. The van der Waals surface area contributed by atoms with Gasteiger partial charge in [-0.25, -0.2) is 0 Å². The van der Waals surface area contributed by atoms with Crippen LogP contribution < -0.4 is 9.91 Å². The molecule has 148 valence electrons. The molecule has 1 atom stereocenters. The largest absolute Gasteiger partial charge is 0.383 e. The summed E-state index contributed by atoms with van der Waals surface area (Å²) >= 11 is 13.5. The van der Waals surface area contributed by atoms with Gasteiger partial charge in [-0.2, -0.15) is 4.98 Å². The number of aromatic nitrogens is 1. The highest BCUT2D eigenvalue weighted by atomic mass is 35.5. The molecule has 0 bridgehead atoms. The van der Waals surface area contributed by atoms with Crippen molar-refractivity contribution in [1.82, 2.24) is 14.9 Å². The van der Waals surface area contributed by atoms with Crippen LogP contribution in [0.1, 0.15) is 27.9 Å². The van der Waals surface area contributed by atoms with Gasteiger partial charge in [-0.1, -0.05) is 33.9 Å². The van der Waals surface area contributed by atoms with Gasteiger partial charge in [0.15, 0.2) is 5.70 Å². The third kappa shape index (κ3) is 4.11. The maximum Gasteiger partial charge on any atom is 0.320 e. The summed E-state index contributed by atoms with van der Waals surface area (Å²) in [7, 11) is 1.59. The number of carbonyl (C=O) groups excluding carboxylic acids is 1. The first-order valence-corrected chi connectivity index (χ1v) is 10.1.